The average Bonchev–Trinajstić information content (AvgIpc) is 2.36. The minimum Gasteiger partial charge on any atom is -0.392 e. The van der Waals surface area contributed by atoms with E-state index in [1.807, 2.05) is 6.92 Å². The van der Waals surface area contributed by atoms with E-state index in [0.29, 0.717) is 32.7 Å². The summed E-state index contributed by atoms with van der Waals surface area (Å²) < 4.78 is 10.3. The van der Waals surface area contributed by atoms with Crippen LogP contribution in [0.15, 0.2) is 0 Å². The molecular weight excluding hydrogens is 252 g/mol. The van der Waals surface area contributed by atoms with Crippen LogP contribution in [0.4, 0.5) is 0 Å². The van der Waals surface area contributed by atoms with Gasteiger partial charge in [0.25, 0.3) is 0 Å². The van der Waals surface area contributed by atoms with Gasteiger partial charge in [0.2, 0.25) is 5.91 Å². The van der Waals surface area contributed by atoms with Gasteiger partial charge in [-0.1, -0.05) is 12.2 Å². The van der Waals surface area contributed by atoms with Crippen molar-refractivity contribution in [3.63, 3.8) is 0 Å². The zero-order chi connectivity index (χ0) is 13.6. The van der Waals surface area contributed by atoms with Crippen LogP contribution in [0.25, 0.3) is 0 Å². The maximum atomic E-state index is 12.4. The van der Waals surface area contributed by atoms with E-state index < -0.39 is 5.41 Å². The van der Waals surface area contributed by atoms with Crippen molar-refractivity contribution in [1.82, 2.24) is 5.32 Å². The van der Waals surface area contributed by atoms with Gasteiger partial charge >= 0.3 is 0 Å². The zero-order valence-electron chi connectivity index (χ0n) is 11.0. The highest BCUT2D eigenvalue weighted by Crippen LogP contribution is 2.31. The molecule has 1 atom stereocenters. The predicted octanol–water partition coefficient (Wildman–Crippen LogP) is 0.611. The molecule has 1 aliphatic rings. The molecule has 1 rings (SSSR count). The molecule has 0 aromatic carbocycles. The monoisotopic (exact) mass is 274 g/mol. The van der Waals surface area contributed by atoms with Crippen LogP contribution in [-0.2, 0) is 14.3 Å². The van der Waals surface area contributed by atoms with E-state index in [4.69, 9.17) is 27.4 Å². The molecule has 0 radical (unpaired) electrons. The van der Waals surface area contributed by atoms with Gasteiger partial charge in [0.05, 0.1) is 4.99 Å². The Morgan fingerprint density at radius 3 is 2.67 bits per heavy atom. The van der Waals surface area contributed by atoms with Crippen LogP contribution in [0, 0.1) is 5.41 Å². The van der Waals surface area contributed by atoms with Gasteiger partial charge in [0.15, 0.2) is 0 Å². The number of carbonyl (C=O) groups excluding carboxylic acids is 1. The Labute approximate surface area is 113 Å². The van der Waals surface area contributed by atoms with Crippen LogP contribution in [-0.4, -0.2) is 43.9 Å². The summed E-state index contributed by atoms with van der Waals surface area (Å²) in [6.07, 6.45) is 1.89. The number of carbonyl (C=O) groups is 1. The van der Waals surface area contributed by atoms with Crippen LogP contribution >= 0.6 is 12.2 Å². The number of thiocarbonyl (C=S) groups is 1. The number of nitrogens with one attached hydrogen (secondary N) is 1. The summed E-state index contributed by atoms with van der Waals surface area (Å²) in [5.41, 5.74) is 5.03. The van der Waals surface area contributed by atoms with Crippen LogP contribution in [0.3, 0.4) is 0 Å². The van der Waals surface area contributed by atoms with E-state index in [1.54, 1.807) is 7.11 Å². The summed E-state index contributed by atoms with van der Waals surface area (Å²) in [5.74, 6) is -0.0816. The van der Waals surface area contributed by atoms with Gasteiger partial charge in [-0.2, -0.15) is 0 Å². The van der Waals surface area contributed by atoms with Gasteiger partial charge in [0.1, 0.15) is 5.41 Å². The fourth-order valence-electron chi connectivity index (χ4n) is 2.03. The third kappa shape index (κ3) is 3.63. The lowest BCUT2D eigenvalue weighted by molar-refractivity contribution is -0.132. The number of methoxy groups -OCH3 is 1. The Hall–Kier alpha value is -0.720. The standard InChI is InChI=1S/C12H22N2O3S/c1-9(3-6-16-2)14-11(15)12(10(13)18)4-7-17-8-5-12/h9H,3-8H2,1-2H3,(H2,13,18)(H,14,15). The topological polar surface area (TPSA) is 73.6 Å². The highest BCUT2D eigenvalue weighted by Gasteiger charge is 2.43. The van der Waals surface area contributed by atoms with E-state index in [1.165, 1.54) is 0 Å². The molecule has 0 spiro atoms. The van der Waals surface area contributed by atoms with Crippen molar-refractivity contribution in [3.05, 3.63) is 0 Å². The lowest BCUT2D eigenvalue weighted by Gasteiger charge is -2.35. The summed E-state index contributed by atoms with van der Waals surface area (Å²) in [5, 5.41) is 2.96. The van der Waals surface area contributed by atoms with Gasteiger partial charge in [-0.25, -0.2) is 0 Å². The maximum Gasteiger partial charge on any atom is 0.233 e. The second-order valence-electron chi connectivity index (χ2n) is 4.71. The number of hydrogen-bond acceptors (Lipinski definition) is 4. The maximum absolute atomic E-state index is 12.4. The minimum absolute atomic E-state index is 0.0477. The predicted molar refractivity (Wildman–Crippen MR) is 73.4 cm³/mol. The quantitative estimate of drug-likeness (QED) is 0.694. The van der Waals surface area contributed by atoms with E-state index in [-0.39, 0.29) is 16.9 Å². The van der Waals surface area contributed by atoms with Crippen molar-refractivity contribution >= 4 is 23.1 Å². The molecule has 6 heteroatoms. The summed E-state index contributed by atoms with van der Waals surface area (Å²) in [7, 11) is 1.64. The van der Waals surface area contributed by atoms with E-state index >= 15 is 0 Å². The lowest BCUT2D eigenvalue weighted by Crippen LogP contribution is -2.53. The molecule has 3 N–H and O–H groups in total. The van der Waals surface area contributed by atoms with Crippen molar-refractivity contribution < 1.29 is 14.3 Å². The normalized spacial score (nSPS) is 20.1. The van der Waals surface area contributed by atoms with Gasteiger partial charge in [-0.15, -0.1) is 0 Å². The molecule has 1 amide bonds. The third-order valence-electron chi connectivity index (χ3n) is 3.39. The second-order valence-corrected chi connectivity index (χ2v) is 5.15. The molecule has 1 unspecified atom stereocenters. The van der Waals surface area contributed by atoms with Crippen molar-refractivity contribution in [2.24, 2.45) is 11.1 Å². The molecular formula is C12H22N2O3S. The Morgan fingerprint density at radius 2 is 2.17 bits per heavy atom. The Kier molecular flexibility index (Phi) is 5.98. The Balaban J connectivity index is 2.63. The van der Waals surface area contributed by atoms with Crippen molar-refractivity contribution in [3.8, 4) is 0 Å². The van der Waals surface area contributed by atoms with Gasteiger partial charge < -0.3 is 20.5 Å². The molecule has 0 aromatic heterocycles. The molecule has 18 heavy (non-hydrogen) atoms. The SMILES string of the molecule is COCCC(C)NC(=O)C1(C(N)=S)CCOCC1. The summed E-state index contributed by atoms with van der Waals surface area (Å²) in [6.45, 7) is 3.61. The molecule has 0 aromatic rings. The van der Waals surface area contributed by atoms with Crippen LogP contribution in [0.1, 0.15) is 26.2 Å². The number of nitrogens with two attached hydrogens (primary N) is 1. The van der Waals surface area contributed by atoms with Gasteiger partial charge in [-0.05, 0) is 26.2 Å². The van der Waals surface area contributed by atoms with E-state index in [0.717, 1.165) is 6.42 Å². The fourth-order valence-corrected chi connectivity index (χ4v) is 2.33. The molecule has 5 nitrogen and oxygen atoms in total. The molecule has 1 aliphatic heterocycles. The largest absolute Gasteiger partial charge is 0.392 e. The van der Waals surface area contributed by atoms with Crippen LogP contribution in [0.2, 0.25) is 0 Å². The summed E-state index contributed by atoms with van der Waals surface area (Å²) in [4.78, 5) is 12.6. The Bertz CT molecular complexity index is 304. The highest BCUT2D eigenvalue weighted by atomic mass is 32.1. The van der Waals surface area contributed by atoms with E-state index in [2.05, 4.69) is 5.32 Å². The Morgan fingerprint density at radius 1 is 1.56 bits per heavy atom. The first kappa shape index (κ1) is 15.3. The van der Waals surface area contributed by atoms with Crippen LogP contribution in [0.5, 0.6) is 0 Å². The van der Waals surface area contributed by atoms with Crippen molar-refractivity contribution in [1.29, 1.82) is 0 Å². The number of rotatable bonds is 6. The first-order valence-corrected chi connectivity index (χ1v) is 6.61. The second kappa shape index (κ2) is 7.01. The van der Waals surface area contributed by atoms with Gasteiger partial charge in [0, 0.05) is 33.0 Å². The third-order valence-corrected chi connectivity index (χ3v) is 3.78. The first-order chi connectivity index (χ1) is 8.53. The molecule has 0 aliphatic carbocycles. The molecule has 0 bridgehead atoms. The minimum atomic E-state index is -0.741. The molecule has 1 saturated heterocycles. The number of hydrogen-bond donors (Lipinski definition) is 2. The zero-order valence-corrected chi connectivity index (χ0v) is 11.8. The molecule has 1 heterocycles. The summed E-state index contributed by atoms with van der Waals surface area (Å²) >= 11 is 5.08. The van der Waals surface area contributed by atoms with E-state index in [9.17, 15) is 4.79 Å². The molecule has 1 fully saturated rings. The average molecular weight is 274 g/mol. The smallest absolute Gasteiger partial charge is 0.233 e. The first-order valence-electron chi connectivity index (χ1n) is 6.20. The van der Waals surface area contributed by atoms with Crippen LogP contribution < -0.4 is 11.1 Å². The molecule has 104 valence electrons. The molecule has 0 saturated carbocycles. The summed E-state index contributed by atoms with van der Waals surface area (Å²) in [6, 6.07) is 0.0477. The van der Waals surface area contributed by atoms with Gasteiger partial charge in [-0.3, -0.25) is 4.79 Å². The lowest BCUT2D eigenvalue weighted by atomic mass is 9.79. The highest BCUT2D eigenvalue weighted by molar-refractivity contribution is 7.80. The number of amides is 1. The fraction of sp³-hybridized carbons (Fsp3) is 0.833. The van der Waals surface area contributed by atoms with Crippen molar-refractivity contribution in [2.75, 3.05) is 26.9 Å². The number of ether oxygens (including phenoxy) is 2. The van der Waals surface area contributed by atoms with Crippen molar-refractivity contribution in [2.45, 2.75) is 32.2 Å².